The van der Waals surface area contributed by atoms with Gasteiger partial charge in [0, 0.05) is 22.6 Å². The molecule has 1 aromatic heterocycles. The van der Waals surface area contributed by atoms with E-state index in [1.54, 1.807) is 12.1 Å². The molecule has 4 heteroatoms. The Morgan fingerprint density at radius 3 is 2.71 bits per heavy atom. The van der Waals surface area contributed by atoms with Gasteiger partial charge >= 0.3 is 0 Å². The van der Waals surface area contributed by atoms with E-state index >= 15 is 0 Å². The Labute approximate surface area is 133 Å². The Hall–Kier alpha value is -1.77. The molecule has 0 amide bonds. The van der Waals surface area contributed by atoms with Gasteiger partial charge in [0.2, 0.25) is 0 Å². The summed E-state index contributed by atoms with van der Waals surface area (Å²) in [6, 6.07) is 15.6. The summed E-state index contributed by atoms with van der Waals surface area (Å²) in [5.74, 6) is 0. The molecular formula is C17H14Cl2N2. The molecule has 3 rings (SSSR count). The Balaban J connectivity index is 1.93. The lowest BCUT2D eigenvalue weighted by atomic mass is 10.1. The third-order valence-corrected chi connectivity index (χ3v) is 3.89. The Morgan fingerprint density at radius 1 is 1.05 bits per heavy atom. The number of aryl methyl sites for hydroxylation is 1. The van der Waals surface area contributed by atoms with Crippen molar-refractivity contribution in [2.75, 3.05) is 5.32 Å². The molecule has 106 valence electrons. The SMILES string of the molecule is Cc1cc(CNc2cc(Cl)ccc2Cl)c2ccccc2n1. The highest BCUT2D eigenvalue weighted by Crippen LogP contribution is 2.27. The van der Waals surface area contributed by atoms with Crippen LogP contribution in [-0.4, -0.2) is 4.98 Å². The summed E-state index contributed by atoms with van der Waals surface area (Å²) >= 11 is 12.2. The number of para-hydroxylation sites is 1. The fourth-order valence-electron chi connectivity index (χ4n) is 2.36. The zero-order valence-electron chi connectivity index (χ0n) is 11.5. The molecule has 0 aliphatic rings. The summed E-state index contributed by atoms with van der Waals surface area (Å²) < 4.78 is 0. The van der Waals surface area contributed by atoms with E-state index in [1.165, 1.54) is 5.56 Å². The van der Waals surface area contributed by atoms with Gasteiger partial charge in [0.15, 0.2) is 0 Å². The molecule has 0 aliphatic carbocycles. The van der Waals surface area contributed by atoms with Gasteiger partial charge in [-0.05, 0) is 42.8 Å². The maximum Gasteiger partial charge on any atom is 0.0708 e. The van der Waals surface area contributed by atoms with Crippen LogP contribution in [-0.2, 0) is 6.54 Å². The minimum atomic E-state index is 0.662. The molecule has 2 aromatic carbocycles. The lowest BCUT2D eigenvalue weighted by molar-refractivity contribution is 1.13. The lowest BCUT2D eigenvalue weighted by Crippen LogP contribution is -2.02. The molecule has 0 aliphatic heterocycles. The first kappa shape index (κ1) is 14.2. The second-order valence-corrected chi connectivity index (χ2v) is 5.76. The van der Waals surface area contributed by atoms with Gasteiger partial charge in [0.25, 0.3) is 0 Å². The predicted molar refractivity (Wildman–Crippen MR) is 90.3 cm³/mol. The molecule has 0 fully saturated rings. The molecule has 0 atom stereocenters. The van der Waals surface area contributed by atoms with Crippen molar-refractivity contribution in [2.24, 2.45) is 0 Å². The minimum Gasteiger partial charge on any atom is -0.380 e. The van der Waals surface area contributed by atoms with Crippen LogP contribution in [0.25, 0.3) is 10.9 Å². The number of benzene rings is 2. The highest BCUT2D eigenvalue weighted by molar-refractivity contribution is 6.35. The Morgan fingerprint density at radius 2 is 1.86 bits per heavy atom. The van der Waals surface area contributed by atoms with Crippen molar-refractivity contribution in [2.45, 2.75) is 13.5 Å². The lowest BCUT2D eigenvalue weighted by Gasteiger charge is -2.11. The van der Waals surface area contributed by atoms with Crippen LogP contribution >= 0.6 is 23.2 Å². The molecule has 1 N–H and O–H groups in total. The number of halogens is 2. The monoisotopic (exact) mass is 316 g/mol. The number of rotatable bonds is 3. The quantitative estimate of drug-likeness (QED) is 0.693. The maximum atomic E-state index is 6.18. The highest BCUT2D eigenvalue weighted by Gasteiger charge is 2.05. The number of hydrogen-bond acceptors (Lipinski definition) is 2. The molecule has 0 bridgehead atoms. The predicted octanol–water partition coefficient (Wildman–Crippen LogP) is 5.46. The van der Waals surface area contributed by atoms with Crippen LogP contribution in [0, 0.1) is 6.92 Å². The van der Waals surface area contributed by atoms with Crippen LogP contribution in [0.1, 0.15) is 11.3 Å². The number of aromatic nitrogens is 1. The number of nitrogens with one attached hydrogen (secondary N) is 1. The van der Waals surface area contributed by atoms with Gasteiger partial charge in [-0.1, -0.05) is 41.4 Å². The first-order valence-electron chi connectivity index (χ1n) is 6.68. The third kappa shape index (κ3) is 3.12. The Kier molecular flexibility index (Phi) is 4.00. The topological polar surface area (TPSA) is 24.9 Å². The van der Waals surface area contributed by atoms with E-state index in [4.69, 9.17) is 23.2 Å². The van der Waals surface area contributed by atoms with Crippen molar-refractivity contribution < 1.29 is 0 Å². The third-order valence-electron chi connectivity index (χ3n) is 3.33. The molecule has 0 unspecified atom stereocenters. The van der Waals surface area contributed by atoms with Crippen LogP contribution in [0.5, 0.6) is 0 Å². The molecule has 1 heterocycles. The molecule has 2 nitrogen and oxygen atoms in total. The minimum absolute atomic E-state index is 0.662. The first-order chi connectivity index (χ1) is 10.1. The molecule has 21 heavy (non-hydrogen) atoms. The fraction of sp³-hybridized carbons (Fsp3) is 0.118. The molecule has 0 saturated heterocycles. The van der Waals surface area contributed by atoms with Crippen molar-refractivity contribution in [1.29, 1.82) is 0 Å². The number of anilines is 1. The first-order valence-corrected chi connectivity index (χ1v) is 7.43. The second-order valence-electron chi connectivity index (χ2n) is 4.92. The molecular weight excluding hydrogens is 303 g/mol. The summed E-state index contributed by atoms with van der Waals surface area (Å²) in [7, 11) is 0. The van der Waals surface area contributed by atoms with E-state index in [0.29, 0.717) is 16.6 Å². The Bertz CT molecular complexity index is 800. The summed E-state index contributed by atoms with van der Waals surface area (Å²) in [5.41, 5.74) is 4.03. The fourth-order valence-corrected chi connectivity index (χ4v) is 2.72. The highest BCUT2D eigenvalue weighted by atomic mass is 35.5. The van der Waals surface area contributed by atoms with E-state index < -0.39 is 0 Å². The van der Waals surface area contributed by atoms with Crippen LogP contribution in [0.2, 0.25) is 10.0 Å². The van der Waals surface area contributed by atoms with Gasteiger partial charge in [0.05, 0.1) is 16.2 Å². The van der Waals surface area contributed by atoms with Gasteiger partial charge in [0.1, 0.15) is 0 Å². The second kappa shape index (κ2) is 5.92. The maximum absolute atomic E-state index is 6.18. The normalized spacial score (nSPS) is 10.8. The molecule has 0 radical (unpaired) electrons. The van der Waals surface area contributed by atoms with E-state index in [2.05, 4.69) is 22.4 Å². The van der Waals surface area contributed by atoms with Crippen molar-refractivity contribution >= 4 is 39.8 Å². The average molecular weight is 317 g/mol. The summed E-state index contributed by atoms with van der Waals surface area (Å²) in [4.78, 5) is 4.55. The van der Waals surface area contributed by atoms with Crippen LogP contribution < -0.4 is 5.32 Å². The van der Waals surface area contributed by atoms with Gasteiger partial charge in [-0.3, -0.25) is 4.98 Å². The zero-order chi connectivity index (χ0) is 14.8. The van der Waals surface area contributed by atoms with Crippen molar-refractivity contribution in [3.63, 3.8) is 0 Å². The number of pyridine rings is 1. The molecule has 0 spiro atoms. The van der Waals surface area contributed by atoms with Crippen LogP contribution in [0.15, 0.2) is 48.5 Å². The zero-order valence-corrected chi connectivity index (χ0v) is 13.0. The smallest absolute Gasteiger partial charge is 0.0708 e. The molecule has 3 aromatic rings. The van der Waals surface area contributed by atoms with Crippen LogP contribution in [0.3, 0.4) is 0 Å². The summed E-state index contributed by atoms with van der Waals surface area (Å²) in [6.45, 7) is 2.67. The molecule has 0 saturated carbocycles. The summed E-state index contributed by atoms with van der Waals surface area (Å²) in [5, 5.41) is 5.82. The summed E-state index contributed by atoms with van der Waals surface area (Å²) in [6.07, 6.45) is 0. The van der Waals surface area contributed by atoms with E-state index in [1.807, 2.05) is 31.2 Å². The standard InChI is InChI=1S/C17H14Cl2N2/c1-11-8-12(14-4-2-3-5-16(14)21-11)10-20-17-9-13(18)6-7-15(17)19/h2-9,20H,10H2,1H3. The van der Waals surface area contributed by atoms with Crippen molar-refractivity contribution in [1.82, 2.24) is 4.98 Å². The average Bonchev–Trinajstić information content (AvgIpc) is 2.47. The number of nitrogens with zero attached hydrogens (tertiary/aromatic N) is 1. The van der Waals surface area contributed by atoms with E-state index in [-0.39, 0.29) is 0 Å². The van der Waals surface area contributed by atoms with Crippen LogP contribution in [0.4, 0.5) is 5.69 Å². The number of fused-ring (bicyclic) bond motifs is 1. The van der Waals surface area contributed by atoms with E-state index in [9.17, 15) is 0 Å². The van der Waals surface area contributed by atoms with Gasteiger partial charge < -0.3 is 5.32 Å². The van der Waals surface area contributed by atoms with E-state index in [0.717, 1.165) is 22.3 Å². The van der Waals surface area contributed by atoms with Crippen molar-refractivity contribution in [3.05, 3.63) is 69.8 Å². The van der Waals surface area contributed by atoms with Gasteiger partial charge in [-0.25, -0.2) is 0 Å². The van der Waals surface area contributed by atoms with Gasteiger partial charge in [-0.15, -0.1) is 0 Å². The van der Waals surface area contributed by atoms with Crippen molar-refractivity contribution in [3.8, 4) is 0 Å². The largest absolute Gasteiger partial charge is 0.380 e. The van der Waals surface area contributed by atoms with Gasteiger partial charge in [-0.2, -0.15) is 0 Å². The number of hydrogen-bond donors (Lipinski definition) is 1.